The Morgan fingerprint density at radius 2 is 1.90 bits per heavy atom. The fourth-order valence-electron chi connectivity index (χ4n) is 6.91. The SMILES string of the molecule is C[C@@H]1[C@@H](O)C/C=C\C[C@@H]2CC[C@H]2CN2C[C@@]3(CCCc4cc(Cl)ccc43)COc3ccc(cc32)C(=O)NS1(=O)=O. The zero-order chi connectivity index (χ0) is 28.1. The third-order valence-corrected chi connectivity index (χ3v) is 11.6. The number of aryl methyl sites for hydroxylation is 1. The molecule has 2 bridgehead atoms. The molecule has 0 saturated heterocycles. The predicted molar refractivity (Wildman–Crippen MR) is 157 cm³/mol. The monoisotopic (exact) mass is 584 g/mol. The Morgan fingerprint density at radius 1 is 1.10 bits per heavy atom. The normalized spacial score (nSPS) is 32.5. The number of hydrogen-bond donors (Lipinski definition) is 2. The lowest BCUT2D eigenvalue weighted by molar-refractivity contribution is 0.0980. The molecule has 2 heterocycles. The van der Waals surface area contributed by atoms with E-state index in [4.69, 9.17) is 16.3 Å². The highest BCUT2D eigenvalue weighted by Gasteiger charge is 2.43. The summed E-state index contributed by atoms with van der Waals surface area (Å²) in [6.45, 7) is 3.54. The van der Waals surface area contributed by atoms with E-state index in [0.717, 1.165) is 62.3 Å². The zero-order valence-corrected chi connectivity index (χ0v) is 24.4. The van der Waals surface area contributed by atoms with Crippen LogP contribution in [0.1, 0.15) is 66.9 Å². The van der Waals surface area contributed by atoms with Gasteiger partial charge in [-0.15, -0.1) is 0 Å². The summed E-state index contributed by atoms with van der Waals surface area (Å²) in [5.74, 6) is 1.02. The van der Waals surface area contributed by atoms with Crippen molar-refractivity contribution >= 4 is 33.2 Å². The molecule has 2 N–H and O–H groups in total. The van der Waals surface area contributed by atoms with Crippen molar-refractivity contribution < 1.29 is 23.1 Å². The maximum atomic E-state index is 13.2. The maximum Gasteiger partial charge on any atom is 0.264 e. The first-order valence-corrected chi connectivity index (χ1v) is 16.3. The van der Waals surface area contributed by atoms with Gasteiger partial charge in [-0.3, -0.25) is 4.79 Å². The van der Waals surface area contributed by atoms with Gasteiger partial charge in [0.2, 0.25) is 10.0 Å². The van der Waals surface area contributed by atoms with Gasteiger partial charge in [0.15, 0.2) is 0 Å². The van der Waals surface area contributed by atoms with Crippen LogP contribution in [0.15, 0.2) is 48.6 Å². The van der Waals surface area contributed by atoms with Crippen molar-refractivity contribution in [2.75, 3.05) is 24.6 Å². The molecule has 1 saturated carbocycles. The van der Waals surface area contributed by atoms with Crippen molar-refractivity contribution in [3.05, 3.63) is 70.3 Å². The van der Waals surface area contributed by atoms with E-state index in [1.165, 1.54) is 18.1 Å². The molecule has 9 heteroatoms. The number of nitrogens with zero attached hydrogens (tertiary/aromatic N) is 1. The van der Waals surface area contributed by atoms with Gasteiger partial charge in [-0.25, -0.2) is 13.1 Å². The zero-order valence-electron chi connectivity index (χ0n) is 22.8. The predicted octanol–water partition coefficient (Wildman–Crippen LogP) is 5.00. The first-order valence-electron chi connectivity index (χ1n) is 14.3. The molecule has 1 fully saturated rings. The molecule has 6 rings (SSSR count). The number of allylic oxidation sites excluding steroid dienone is 1. The minimum atomic E-state index is -4.08. The van der Waals surface area contributed by atoms with E-state index in [1.807, 2.05) is 12.1 Å². The number of carbonyl (C=O) groups excluding carboxylic acids is 1. The van der Waals surface area contributed by atoms with Gasteiger partial charge in [0.25, 0.3) is 5.91 Å². The number of amides is 1. The molecule has 2 aromatic carbocycles. The summed E-state index contributed by atoms with van der Waals surface area (Å²) in [6.07, 6.45) is 9.29. The first kappa shape index (κ1) is 27.6. The van der Waals surface area contributed by atoms with Crippen molar-refractivity contribution in [3.63, 3.8) is 0 Å². The van der Waals surface area contributed by atoms with Crippen LogP contribution in [0.25, 0.3) is 0 Å². The van der Waals surface area contributed by atoms with E-state index < -0.39 is 27.3 Å². The van der Waals surface area contributed by atoms with Crippen molar-refractivity contribution in [2.45, 2.75) is 68.6 Å². The van der Waals surface area contributed by atoms with Gasteiger partial charge in [0.05, 0.1) is 18.4 Å². The molecule has 5 atom stereocenters. The number of aliphatic hydroxyl groups is 1. The number of hydrogen-bond acceptors (Lipinski definition) is 6. The van der Waals surface area contributed by atoms with E-state index in [2.05, 4.69) is 27.8 Å². The number of halogens is 1. The molecule has 0 radical (unpaired) electrons. The Kier molecular flexibility index (Phi) is 7.38. The number of sulfonamides is 1. The van der Waals surface area contributed by atoms with Crippen LogP contribution >= 0.6 is 11.6 Å². The number of benzene rings is 2. The molecule has 2 aliphatic carbocycles. The molecule has 7 nitrogen and oxygen atoms in total. The minimum absolute atomic E-state index is 0.214. The van der Waals surface area contributed by atoms with Crippen LogP contribution in [-0.2, 0) is 21.9 Å². The fourth-order valence-corrected chi connectivity index (χ4v) is 8.19. The van der Waals surface area contributed by atoms with E-state index >= 15 is 0 Å². The van der Waals surface area contributed by atoms with Crippen molar-refractivity contribution in [1.82, 2.24) is 4.72 Å². The second kappa shape index (κ2) is 10.7. The van der Waals surface area contributed by atoms with Crippen LogP contribution < -0.4 is 14.4 Å². The lowest BCUT2D eigenvalue weighted by atomic mass is 9.69. The second-order valence-corrected chi connectivity index (χ2v) is 14.6. The molecule has 2 aliphatic heterocycles. The van der Waals surface area contributed by atoms with E-state index in [1.54, 1.807) is 18.2 Å². The molecule has 0 aromatic heterocycles. The number of anilines is 1. The van der Waals surface area contributed by atoms with Crippen LogP contribution in [0.5, 0.6) is 5.75 Å². The first-order chi connectivity index (χ1) is 19.1. The van der Waals surface area contributed by atoms with Crippen LogP contribution in [0, 0.1) is 11.8 Å². The summed E-state index contributed by atoms with van der Waals surface area (Å²) < 4.78 is 34.6. The van der Waals surface area contributed by atoms with Gasteiger partial charge >= 0.3 is 0 Å². The summed E-state index contributed by atoms with van der Waals surface area (Å²) in [6, 6.07) is 11.4. The number of ether oxygens (including phenoxy) is 1. The highest BCUT2D eigenvalue weighted by Crippen LogP contribution is 2.46. The molecular formula is C31H37ClN2O5S. The van der Waals surface area contributed by atoms with Crippen molar-refractivity contribution in [3.8, 4) is 5.75 Å². The summed E-state index contributed by atoms with van der Waals surface area (Å²) >= 11 is 6.37. The quantitative estimate of drug-likeness (QED) is 0.423. The Balaban J connectivity index is 1.41. The standard InChI is InChI=1S/C31H37ClN2O5S/c1-20-28(35)7-3-2-5-21-8-9-24(21)17-34-18-31(14-4-6-22-15-25(32)11-12-26(22)31)19-39-29-13-10-23(16-27(29)34)30(36)33-40(20,37)38/h2-3,10-13,15-16,20-21,24,28,35H,4-9,14,17-19H2,1H3,(H,33,36)/b3-2-/t20-,21-,24+,28+,31+/m1/s1. The maximum absolute atomic E-state index is 13.2. The fraction of sp³-hybridized carbons (Fsp3) is 0.516. The second-order valence-electron chi connectivity index (χ2n) is 12.1. The summed E-state index contributed by atoms with van der Waals surface area (Å²) in [5, 5.41) is 10.1. The molecule has 0 unspecified atom stereocenters. The summed E-state index contributed by atoms with van der Waals surface area (Å²) in [5.41, 5.74) is 3.42. The van der Waals surface area contributed by atoms with Crippen LogP contribution in [0.3, 0.4) is 0 Å². The third kappa shape index (κ3) is 5.14. The summed E-state index contributed by atoms with van der Waals surface area (Å²) in [4.78, 5) is 15.6. The Labute approximate surface area is 241 Å². The minimum Gasteiger partial charge on any atom is -0.490 e. The van der Waals surface area contributed by atoms with E-state index in [9.17, 15) is 18.3 Å². The average molecular weight is 585 g/mol. The molecule has 40 heavy (non-hydrogen) atoms. The van der Waals surface area contributed by atoms with Gasteiger partial charge in [0, 0.05) is 29.1 Å². The Hall–Kier alpha value is -2.55. The Bertz CT molecular complexity index is 1440. The smallest absolute Gasteiger partial charge is 0.264 e. The van der Waals surface area contributed by atoms with Crippen LogP contribution in [0.2, 0.25) is 5.02 Å². The largest absolute Gasteiger partial charge is 0.490 e. The number of nitrogens with one attached hydrogen (secondary N) is 1. The highest BCUT2D eigenvalue weighted by molar-refractivity contribution is 7.90. The van der Waals surface area contributed by atoms with Gasteiger partial charge in [-0.1, -0.05) is 29.8 Å². The van der Waals surface area contributed by atoms with E-state index in [0.29, 0.717) is 24.2 Å². The van der Waals surface area contributed by atoms with Crippen molar-refractivity contribution in [2.24, 2.45) is 11.8 Å². The molecule has 2 aromatic rings. The summed E-state index contributed by atoms with van der Waals surface area (Å²) in [7, 11) is -4.08. The molecule has 1 amide bonds. The average Bonchev–Trinajstić information content (AvgIpc) is 3.06. The van der Waals surface area contributed by atoms with Gasteiger partial charge < -0.3 is 14.7 Å². The lowest BCUT2D eigenvalue weighted by Gasteiger charge is -2.44. The van der Waals surface area contributed by atoms with Crippen LogP contribution in [-0.4, -0.2) is 50.5 Å². The number of rotatable bonds is 0. The number of aliphatic hydroxyl groups excluding tert-OH is 1. The van der Waals surface area contributed by atoms with Gasteiger partial charge in [0.1, 0.15) is 11.0 Å². The number of carbonyl (C=O) groups is 1. The molecule has 1 spiro atoms. The lowest BCUT2D eigenvalue weighted by Crippen LogP contribution is -2.48. The van der Waals surface area contributed by atoms with Gasteiger partial charge in [-0.05, 0) is 105 Å². The number of fused-ring (bicyclic) bond motifs is 4. The van der Waals surface area contributed by atoms with Crippen molar-refractivity contribution in [1.29, 1.82) is 0 Å². The highest BCUT2D eigenvalue weighted by atomic mass is 35.5. The molecule has 214 valence electrons. The van der Waals surface area contributed by atoms with Crippen LogP contribution in [0.4, 0.5) is 5.69 Å². The third-order valence-electron chi connectivity index (χ3n) is 9.58. The molecule has 4 aliphatic rings. The molecular weight excluding hydrogens is 548 g/mol. The Morgan fingerprint density at radius 3 is 2.70 bits per heavy atom. The topological polar surface area (TPSA) is 95.9 Å². The van der Waals surface area contributed by atoms with E-state index in [-0.39, 0.29) is 17.4 Å². The van der Waals surface area contributed by atoms with Gasteiger partial charge in [-0.2, -0.15) is 0 Å².